The van der Waals surface area contributed by atoms with Crippen molar-refractivity contribution >= 4 is 0 Å². The Labute approximate surface area is 118 Å². The third-order valence-electron chi connectivity index (χ3n) is 2.98. The summed E-state index contributed by atoms with van der Waals surface area (Å²) in [7, 11) is 1.52. The van der Waals surface area contributed by atoms with Crippen LogP contribution >= 0.6 is 0 Å². The lowest BCUT2D eigenvalue weighted by Gasteiger charge is -2.15. The highest BCUT2D eigenvalue weighted by atomic mass is 16.5. The molecule has 0 aliphatic heterocycles. The van der Waals surface area contributed by atoms with Crippen molar-refractivity contribution < 1.29 is 19.7 Å². The summed E-state index contributed by atoms with van der Waals surface area (Å²) in [5.74, 6) is 1.15. The molecule has 0 aliphatic carbocycles. The van der Waals surface area contributed by atoms with Crippen LogP contribution < -0.4 is 9.47 Å². The Bertz CT molecular complexity index is 539. The molecule has 0 radical (unpaired) electrons. The Kier molecular flexibility index (Phi) is 4.98. The van der Waals surface area contributed by atoms with Crippen LogP contribution in [0.3, 0.4) is 0 Å². The van der Waals surface area contributed by atoms with Gasteiger partial charge in [0.2, 0.25) is 0 Å². The van der Waals surface area contributed by atoms with Crippen LogP contribution in [0.4, 0.5) is 0 Å². The Morgan fingerprint density at radius 1 is 1.10 bits per heavy atom. The number of methoxy groups -OCH3 is 1. The van der Waals surface area contributed by atoms with Gasteiger partial charge in [0.05, 0.1) is 13.7 Å². The molecule has 2 aromatic carbocycles. The molecule has 0 spiro atoms. The fourth-order valence-corrected chi connectivity index (χ4v) is 1.90. The Balaban J connectivity index is 2.12. The molecule has 0 aromatic heterocycles. The van der Waals surface area contributed by atoms with E-state index in [9.17, 15) is 5.11 Å². The summed E-state index contributed by atoms with van der Waals surface area (Å²) >= 11 is 0. The van der Waals surface area contributed by atoms with Crippen molar-refractivity contribution in [3.63, 3.8) is 0 Å². The molecule has 0 aliphatic rings. The minimum Gasteiger partial charge on any atom is -0.496 e. The number of hydrogen-bond acceptors (Lipinski definition) is 4. The first kappa shape index (κ1) is 14.4. The van der Waals surface area contributed by atoms with Gasteiger partial charge in [-0.15, -0.1) is 0 Å². The van der Waals surface area contributed by atoms with E-state index in [1.807, 2.05) is 30.3 Å². The predicted octanol–water partition coefficient (Wildman–Crippen LogP) is 2.30. The van der Waals surface area contributed by atoms with Crippen molar-refractivity contribution in [3.05, 3.63) is 59.7 Å². The third-order valence-corrected chi connectivity index (χ3v) is 2.98. The maximum absolute atomic E-state index is 9.77. The summed E-state index contributed by atoms with van der Waals surface area (Å²) < 4.78 is 10.8. The number of hydrogen-bond donors (Lipinski definition) is 2. The minimum absolute atomic E-state index is 0.363. The summed E-state index contributed by atoms with van der Waals surface area (Å²) in [5, 5.41) is 18.8. The second-order valence-corrected chi connectivity index (χ2v) is 4.38. The van der Waals surface area contributed by atoms with Gasteiger partial charge in [0.25, 0.3) is 0 Å². The fourth-order valence-electron chi connectivity index (χ4n) is 1.90. The van der Waals surface area contributed by atoms with Crippen molar-refractivity contribution in [1.29, 1.82) is 0 Å². The van der Waals surface area contributed by atoms with Crippen molar-refractivity contribution in [3.8, 4) is 11.5 Å². The van der Waals surface area contributed by atoms with Gasteiger partial charge in [0, 0.05) is 5.56 Å². The van der Waals surface area contributed by atoms with Gasteiger partial charge in [0.1, 0.15) is 24.2 Å². The number of aliphatic hydroxyl groups is 2. The fraction of sp³-hybridized carbons (Fsp3) is 0.250. The standard InChI is InChI=1S/C16H18O4/c1-19-16-8-7-13(9-14(16)15(18)10-17)20-11-12-5-3-2-4-6-12/h2-9,15,17-18H,10-11H2,1H3. The van der Waals surface area contributed by atoms with Crippen LogP contribution in [0.15, 0.2) is 48.5 Å². The van der Waals surface area contributed by atoms with Gasteiger partial charge in [0.15, 0.2) is 0 Å². The second kappa shape index (κ2) is 6.93. The van der Waals surface area contributed by atoms with Crippen LogP contribution in [0, 0.1) is 0 Å². The molecule has 106 valence electrons. The van der Waals surface area contributed by atoms with E-state index < -0.39 is 6.10 Å². The van der Waals surface area contributed by atoms with Crippen molar-refractivity contribution in [2.45, 2.75) is 12.7 Å². The van der Waals surface area contributed by atoms with Gasteiger partial charge >= 0.3 is 0 Å². The van der Waals surface area contributed by atoms with E-state index in [1.54, 1.807) is 18.2 Å². The molecular formula is C16H18O4. The third kappa shape index (κ3) is 3.50. The van der Waals surface area contributed by atoms with Gasteiger partial charge in [-0.25, -0.2) is 0 Å². The first-order valence-corrected chi connectivity index (χ1v) is 6.38. The Morgan fingerprint density at radius 2 is 1.85 bits per heavy atom. The topological polar surface area (TPSA) is 58.9 Å². The average molecular weight is 274 g/mol. The van der Waals surface area contributed by atoms with Crippen molar-refractivity contribution in [2.75, 3.05) is 13.7 Å². The van der Waals surface area contributed by atoms with Gasteiger partial charge in [-0.05, 0) is 23.8 Å². The van der Waals surface area contributed by atoms with Crippen molar-refractivity contribution in [1.82, 2.24) is 0 Å². The van der Waals surface area contributed by atoms with Gasteiger partial charge in [-0.1, -0.05) is 30.3 Å². The lowest BCUT2D eigenvalue weighted by atomic mass is 10.1. The molecule has 0 saturated heterocycles. The SMILES string of the molecule is COc1ccc(OCc2ccccc2)cc1C(O)CO. The van der Waals surface area contributed by atoms with E-state index in [4.69, 9.17) is 14.6 Å². The largest absolute Gasteiger partial charge is 0.496 e. The number of rotatable bonds is 6. The molecular weight excluding hydrogens is 256 g/mol. The highest BCUT2D eigenvalue weighted by Gasteiger charge is 2.13. The van der Waals surface area contributed by atoms with Gasteiger partial charge in [-0.2, -0.15) is 0 Å². The van der Waals surface area contributed by atoms with E-state index in [0.717, 1.165) is 5.56 Å². The van der Waals surface area contributed by atoms with E-state index in [1.165, 1.54) is 7.11 Å². The molecule has 0 heterocycles. The summed E-state index contributed by atoms with van der Waals surface area (Å²) in [6.07, 6.45) is -0.981. The van der Waals surface area contributed by atoms with Crippen LogP contribution in [0.2, 0.25) is 0 Å². The monoisotopic (exact) mass is 274 g/mol. The maximum Gasteiger partial charge on any atom is 0.125 e. The Hall–Kier alpha value is -2.04. The summed E-state index contributed by atoms with van der Waals surface area (Å²) in [6.45, 7) is 0.0837. The molecule has 0 amide bonds. The predicted molar refractivity (Wildman–Crippen MR) is 75.8 cm³/mol. The molecule has 2 rings (SSSR count). The van der Waals surface area contributed by atoms with Crippen LogP contribution in [-0.2, 0) is 6.61 Å². The molecule has 1 atom stereocenters. The molecule has 1 unspecified atom stereocenters. The van der Waals surface area contributed by atoms with Crippen LogP contribution in [-0.4, -0.2) is 23.9 Å². The summed E-state index contributed by atoms with van der Waals surface area (Å²) in [4.78, 5) is 0. The second-order valence-electron chi connectivity index (χ2n) is 4.38. The summed E-state index contributed by atoms with van der Waals surface area (Å²) in [6, 6.07) is 15.0. The van der Waals surface area contributed by atoms with Crippen LogP contribution in [0.1, 0.15) is 17.2 Å². The molecule has 0 fully saturated rings. The highest BCUT2D eigenvalue weighted by Crippen LogP contribution is 2.29. The zero-order valence-corrected chi connectivity index (χ0v) is 11.3. The van der Waals surface area contributed by atoms with Gasteiger partial charge in [-0.3, -0.25) is 0 Å². The van der Waals surface area contributed by atoms with Crippen LogP contribution in [0.5, 0.6) is 11.5 Å². The average Bonchev–Trinajstić information content (AvgIpc) is 2.52. The van der Waals surface area contributed by atoms with Crippen molar-refractivity contribution in [2.24, 2.45) is 0 Å². The molecule has 0 bridgehead atoms. The van der Waals surface area contributed by atoms with E-state index in [-0.39, 0.29) is 6.61 Å². The smallest absolute Gasteiger partial charge is 0.125 e. The zero-order chi connectivity index (χ0) is 14.4. The molecule has 0 saturated carbocycles. The summed E-state index contributed by atoms with van der Waals surface area (Å²) in [5.41, 5.74) is 1.58. The normalized spacial score (nSPS) is 11.9. The molecule has 4 nitrogen and oxygen atoms in total. The highest BCUT2D eigenvalue weighted by molar-refractivity contribution is 5.41. The molecule has 2 N–H and O–H groups in total. The Morgan fingerprint density at radius 3 is 2.50 bits per heavy atom. The first-order valence-electron chi connectivity index (χ1n) is 6.38. The quantitative estimate of drug-likeness (QED) is 0.848. The lowest BCUT2D eigenvalue weighted by molar-refractivity contribution is 0.0930. The molecule has 20 heavy (non-hydrogen) atoms. The number of benzene rings is 2. The first-order chi connectivity index (χ1) is 9.74. The van der Waals surface area contributed by atoms with E-state index in [2.05, 4.69) is 0 Å². The molecule has 4 heteroatoms. The molecule has 2 aromatic rings. The number of aliphatic hydroxyl groups excluding tert-OH is 2. The van der Waals surface area contributed by atoms with Gasteiger partial charge < -0.3 is 19.7 Å². The van der Waals surface area contributed by atoms with Crippen LogP contribution in [0.25, 0.3) is 0 Å². The minimum atomic E-state index is -0.981. The van der Waals surface area contributed by atoms with E-state index >= 15 is 0 Å². The number of ether oxygens (including phenoxy) is 2. The lowest BCUT2D eigenvalue weighted by Crippen LogP contribution is -2.05. The maximum atomic E-state index is 9.77. The van der Waals surface area contributed by atoms with E-state index in [0.29, 0.717) is 23.7 Å². The zero-order valence-electron chi connectivity index (χ0n) is 11.3.